The van der Waals surface area contributed by atoms with Crippen LogP contribution in [0.1, 0.15) is 5.56 Å². The minimum Gasteiger partial charge on any atom is -0.488 e. The third-order valence-corrected chi connectivity index (χ3v) is 4.09. The molecule has 0 spiro atoms. The molecule has 3 aromatic rings. The van der Waals surface area contributed by atoms with Crippen LogP contribution in [0.4, 0.5) is 0 Å². The summed E-state index contributed by atoms with van der Waals surface area (Å²) >= 11 is 12.0. The Hall–Kier alpha value is -3.21. The van der Waals surface area contributed by atoms with Crippen molar-refractivity contribution in [1.82, 2.24) is 9.55 Å². The number of ether oxygens (including phenoxy) is 2. The first-order chi connectivity index (χ1) is 13.5. The second kappa shape index (κ2) is 8.65. The Labute approximate surface area is 169 Å². The van der Waals surface area contributed by atoms with Crippen LogP contribution in [0.25, 0.3) is 0 Å². The maximum Gasteiger partial charge on any atom is 0.328 e. The van der Waals surface area contributed by atoms with Gasteiger partial charge in [-0.05, 0) is 30.3 Å². The number of halogens is 2. The summed E-state index contributed by atoms with van der Waals surface area (Å²) in [4.78, 5) is 25.9. The van der Waals surface area contributed by atoms with Crippen LogP contribution in [0.3, 0.4) is 0 Å². The molecule has 3 rings (SSSR count). The highest BCUT2D eigenvalue weighted by Crippen LogP contribution is 2.34. The number of nitriles is 1. The van der Waals surface area contributed by atoms with Crippen molar-refractivity contribution >= 4 is 23.2 Å². The fourth-order valence-electron chi connectivity index (χ4n) is 2.40. The maximum absolute atomic E-state index is 11.7. The lowest BCUT2D eigenvalue weighted by Crippen LogP contribution is -2.35. The molecule has 1 aromatic heterocycles. The third-order valence-electron chi connectivity index (χ3n) is 3.65. The van der Waals surface area contributed by atoms with E-state index < -0.39 is 11.2 Å². The minimum atomic E-state index is -0.535. The van der Waals surface area contributed by atoms with Crippen molar-refractivity contribution in [2.24, 2.45) is 0 Å². The second-order valence-corrected chi connectivity index (χ2v) is 6.47. The van der Waals surface area contributed by atoms with Crippen molar-refractivity contribution < 1.29 is 9.47 Å². The number of hydrogen-bond donors (Lipinski definition) is 1. The van der Waals surface area contributed by atoms with E-state index in [1.165, 1.54) is 18.3 Å². The molecule has 1 heterocycles. The van der Waals surface area contributed by atoms with Gasteiger partial charge in [-0.25, -0.2) is 4.79 Å². The van der Waals surface area contributed by atoms with Gasteiger partial charge in [-0.15, -0.1) is 0 Å². The summed E-state index contributed by atoms with van der Waals surface area (Å²) in [5.74, 6) is 0.991. The maximum atomic E-state index is 11.7. The van der Waals surface area contributed by atoms with E-state index in [1.807, 2.05) is 6.07 Å². The molecular formula is C19H13Cl2N3O4. The quantitative estimate of drug-likeness (QED) is 0.660. The van der Waals surface area contributed by atoms with Crippen LogP contribution in [0.5, 0.6) is 17.2 Å². The van der Waals surface area contributed by atoms with Gasteiger partial charge >= 0.3 is 5.69 Å². The summed E-state index contributed by atoms with van der Waals surface area (Å²) in [6.45, 7) is 0.0305. The van der Waals surface area contributed by atoms with Gasteiger partial charge in [0.1, 0.15) is 12.4 Å². The first kappa shape index (κ1) is 19.5. The van der Waals surface area contributed by atoms with Crippen molar-refractivity contribution in [1.29, 1.82) is 5.26 Å². The Kier molecular flexibility index (Phi) is 6.04. The van der Waals surface area contributed by atoms with Gasteiger partial charge in [0.05, 0.1) is 18.2 Å². The molecule has 142 valence electrons. The number of nitrogens with one attached hydrogen (secondary N) is 1. The molecule has 0 aliphatic carbocycles. The summed E-state index contributed by atoms with van der Waals surface area (Å²) in [5, 5.41) is 9.93. The van der Waals surface area contributed by atoms with Crippen molar-refractivity contribution in [2.45, 2.75) is 6.54 Å². The molecule has 1 N–H and O–H groups in total. The number of rotatable bonds is 6. The summed E-state index contributed by atoms with van der Waals surface area (Å²) in [7, 11) is 0. The first-order valence-corrected chi connectivity index (χ1v) is 8.81. The Morgan fingerprint density at radius 3 is 2.46 bits per heavy atom. The normalized spacial score (nSPS) is 10.3. The molecule has 0 aliphatic heterocycles. The molecule has 0 aliphatic rings. The molecular weight excluding hydrogens is 405 g/mol. The van der Waals surface area contributed by atoms with Gasteiger partial charge in [-0.1, -0.05) is 23.2 Å². The molecule has 0 saturated heterocycles. The highest BCUT2D eigenvalue weighted by Gasteiger charge is 2.10. The van der Waals surface area contributed by atoms with E-state index in [1.54, 1.807) is 30.3 Å². The van der Waals surface area contributed by atoms with Crippen molar-refractivity contribution in [2.75, 3.05) is 6.61 Å². The van der Waals surface area contributed by atoms with Crippen LogP contribution >= 0.6 is 23.2 Å². The minimum absolute atomic E-state index is 0.00848. The summed E-state index contributed by atoms with van der Waals surface area (Å²) < 4.78 is 12.5. The molecule has 0 fully saturated rings. The summed E-state index contributed by atoms with van der Waals surface area (Å²) in [6.07, 6.45) is 1.28. The number of benzene rings is 2. The first-order valence-electron chi connectivity index (χ1n) is 8.06. The van der Waals surface area contributed by atoms with Crippen LogP contribution in [0.15, 0.2) is 58.3 Å². The molecule has 7 nitrogen and oxygen atoms in total. The van der Waals surface area contributed by atoms with Crippen LogP contribution in [0, 0.1) is 11.3 Å². The van der Waals surface area contributed by atoms with Gasteiger partial charge in [-0.2, -0.15) is 5.26 Å². The average Bonchev–Trinajstić information content (AvgIpc) is 2.64. The van der Waals surface area contributed by atoms with E-state index in [2.05, 4.69) is 4.98 Å². The van der Waals surface area contributed by atoms with E-state index >= 15 is 0 Å². The van der Waals surface area contributed by atoms with Gasteiger partial charge < -0.3 is 14.5 Å². The van der Waals surface area contributed by atoms with Crippen LogP contribution in [0.2, 0.25) is 10.0 Å². The van der Waals surface area contributed by atoms with Crippen LogP contribution in [-0.4, -0.2) is 16.2 Å². The monoisotopic (exact) mass is 417 g/mol. The van der Waals surface area contributed by atoms with Gasteiger partial charge in [0.2, 0.25) is 0 Å². The molecule has 0 saturated carbocycles. The molecule has 0 atom stereocenters. The zero-order chi connectivity index (χ0) is 20.1. The number of aromatic amines is 1. The van der Waals surface area contributed by atoms with E-state index in [0.29, 0.717) is 27.1 Å². The Morgan fingerprint density at radius 2 is 1.79 bits per heavy atom. The fraction of sp³-hybridized carbons (Fsp3) is 0.105. The number of nitrogens with zero attached hydrogens (tertiary/aromatic N) is 2. The fourth-order valence-corrected chi connectivity index (χ4v) is 2.91. The predicted molar refractivity (Wildman–Crippen MR) is 105 cm³/mol. The van der Waals surface area contributed by atoms with Crippen molar-refractivity contribution in [3.63, 3.8) is 0 Å². The van der Waals surface area contributed by atoms with Crippen LogP contribution in [-0.2, 0) is 6.54 Å². The topological polar surface area (TPSA) is 97.1 Å². The molecule has 28 heavy (non-hydrogen) atoms. The summed E-state index contributed by atoms with van der Waals surface area (Å²) in [5.41, 5.74) is -0.615. The Morgan fingerprint density at radius 1 is 1.04 bits per heavy atom. The second-order valence-electron chi connectivity index (χ2n) is 5.60. The highest BCUT2D eigenvalue weighted by atomic mass is 35.5. The lowest BCUT2D eigenvalue weighted by atomic mass is 10.2. The lowest BCUT2D eigenvalue weighted by Gasteiger charge is -2.13. The van der Waals surface area contributed by atoms with Gasteiger partial charge in [-0.3, -0.25) is 9.36 Å². The SMILES string of the molecule is N#Cc1ccc(Oc2cc(Cl)cc(Cl)c2)c(OCCn2c(=O)cc[nH]c2=O)c1. The average molecular weight is 418 g/mol. The number of hydrogen-bond acceptors (Lipinski definition) is 5. The molecule has 0 radical (unpaired) electrons. The van der Waals surface area contributed by atoms with E-state index in [9.17, 15) is 9.59 Å². The molecule has 0 amide bonds. The molecule has 2 aromatic carbocycles. The lowest BCUT2D eigenvalue weighted by molar-refractivity contribution is 0.281. The highest BCUT2D eigenvalue weighted by molar-refractivity contribution is 6.34. The third kappa shape index (κ3) is 4.74. The Balaban J connectivity index is 1.82. The van der Waals surface area contributed by atoms with Crippen molar-refractivity contribution in [3.05, 3.63) is 85.1 Å². The smallest absolute Gasteiger partial charge is 0.328 e. The number of H-pyrrole nitrogens is 1. The van der Waals surface area contributed by atoms with Crippen molar-refractivity contribution in [3.8, 4) is 23.3 Å². The standard InChI is InChI=1S/C19H13Cl2N3O4/c20-13-8-14(21)10-15(9-13)28-16-2-1-12(11-22)7-17(16)27-6-5-24-18(25)3-4-23-19(24)26/h1-4,7-10H,5-6H2,(H,23,26). The van der Waals surface area contributed by atoms with E-state index in [0.717, 1.165) is 4.57 Å². The summed E-state index contributed by atoms with van der Waals surface area (Å²) in [6, 6.07) is 12.6. The largest absolute Gasteiger partial charge is 0.488 e. The number of aromatic nitrogens is 2. The molecule has 0 bridgehead atoms. The predicted octanol–water partition coefficient (Wildman–Crippen LogP) is 3.59. The van der Waals surface area contributed by atoms with E-state index in [4.69, 9.17) is 37.9 Å². The van der Waals surface area contributed by atoms with Gasteiger partial charge in [0.25, 0.3) is 5.56 Å². The van der Waals surface area contributed by atoms with E-state index in [-0.39, 0.29) is 18.9 Å². The zero-order valence-electron chi connectivity index (χ0n) is 14.3. The van der Waals surface area contributed by atoms with Gasteiger partial charge in [0.15, 0.2) is 11.5 Å². The van der Waals surface area contributed by atoms with Crippen LogP contribution < -0.4 is 20.7 Å². The molecule has 0 unspecified atom stereocenters. The van der Waals surface area contributed by atoms with Gasteiger partial charge in [0, 0.05) is 28.4 Å². The zero-order valence-corrected chi connectivity index (χ0v) is 15.8. The molecule has 9 heteroatoms. The Bertz CT molecular complexity index is 1120.